The van der Waals surface area contributed by atoms with Crippen molar-refractivity contribution in [3.8, 4) is 11.3 Å². The third-order valence-corrected chi connectivity index (χ3v) is 10.5. The first-order valence-electron chi connectivity index (χ1n) is 15.4. The lowest BCUT2D eigenvalue weighted by Crippen LogP contribution is -2.66. The minimum atomic E-state index is -0.169. The van der Waals surface area contributed by atoms with Gasteiger partial charge in [0.1, 0.15) is 0 Å². The van der Waals surface area contributed by atoms with Gasteiger partial charge >= 0.3 is 0 Å². The van der Waals surface area contributed by atoms with Gasteiger partial charge in [-0.2, -0.15) is 0 Å². The van der Waals surface area contributed by atoms with Crippen LogP contribution < -0.4 is 16.4 Å². The number of hydrogen-bond donors (Lipinski definition) is 0. The maximum Gasteiger partial charge on any atom is 0.242 e. The van der Waals surface area contributed by atoms with Crippen LogP contribution >= 0.6 is 0 Å². The van der Waals surface area contributed by atoms with Gasteiger partial charge in [0.2, 0.25) is 6.71 Å². The molecule has 0 fully saturated rings. The Hall–Kier alpha value is -4.69. The van der Waals surface area contributed by atoms with E-state index in [-0.39, 0.29) is 17.5 Å². The highest BCUT2D eigenvalue weighted by Gasteiger charge is 2.48. The molecule has 0 aliphatic carbocycles. The largest absolute Gasteiger partial charge is 0.248 e. The van der Waals surface area contributed by atoms with Crippen molar-refractivity contribution < 1.29 is 0 Å². The number of para-hydroxylation sites is 1. The molecule has 9 rings (SSSR count). The molecule has 7 aromatic rings. The van der Waals surface area contributed by atoms with Crippen molar-refractivity contribution in [3.05, 3.63) is 144 Å². The zero-order valence-electron chi connectivity index (χ0n) is 25.1. The summed E-state index contributed by atoms with van der Waals surface area (Å²) in [4.78, 5) is 5.17. The van der Waals surface area contributed by atoms with E-state index in [1.54, 1.807) is 0 Å². The standard InChI is InChI=1S/C41H32BN/c1-40(2)31-19-26-12-5-7-14-28(26)23-35(31)42-36-24-29-15-8-6-13-27(29)20-32(36)41(3,4)34-22-30(21-33(40)39(34)42)38-18-17-25-11-9-10-16-37(25)43-38/h5-24H,1-4H3. The minimum Gasteiger partial charge on any atom is -0.248 e. The predicted octanol–water partition coefficient (Wildman–Crippen LogP) is 8.00. The Balaban J connectivity index is 1.41. The summed E-state index contributed by atoms with van der Waals surface area (Å²) in [7, 11) is 0. The van der Waals surface area contributed by atoms with Gasteiger partial charge in [0.05, 0.1) is 11.2 Å². The molecule has 0 amide bonds. The molecular formula is C41H32BN. The first kappa shape index (κ1) is 24.9. The van der Waals surface area contributed by atoms with Crippen LogP contribution in [0, 0.1) is 0 Å². The molecule has 0 radical (unpaired) electrons. The molecule has 0 N–H and O–H groups in total. The van der Waals surface area contributed by atoms with Crippen LogP contribution in [0.25, 0.3) is 43.7 Å². The second-order valence-electron chi connectivity index (χ2n) is 13.6. The van der Waals surface area contributed by atoms with Crippen molar-refractivity contribution >= 4 is 55.5 Å². The fraction of sp³-hybridized carbons (Fsp3) is 0.146. The third kappa shape index (κ3) is 3.38. The maximum atomic E-state index is 5.17. The van der Waals surface area contributed by atoms with Gasteiger partial charge in [-0.3, -0.25) is 0 Å². The van der Waals surface area contributed by atoms with Crippen molar-refractivity contribution in [3.63, 3.8) is 0 Å². The molecule has 0 saturated carbocycles. The topological polar surface area (TPSA) is 12.9 Å². The zero-order chi connectivity index (χ0) is 29.1. The number of nitrogens with zero attached hydrogens (tertiary/aromatic N) is 1. The highest BCUT2D eigenvalue weighted by Crippen LogP contribution is 2.44. The van der Waals surface area contributed by atoms with E-state index in [9.17, 15) is 0 Å². The summed E-state index contributed by atoms with van der Waals surface area (Å²) in [6.07, 6.45) is 0. The van der Waals surface area contributed by atoms with E-state index in [0.717, 1.165) is 11.2 Å². The molecule has 3 heterocycles. The molecular weight excluding hydrogens is 517 g/mol. The molecule has 0 spiro atoms. The number of fused-ring (bicyclic) bond motifs is 7. The van der Waals surface area contributed by atoms with Crippen molar-refractivity contribution in [2.24, 2.45) is 0 Å². The molecule has 6 aromatic carbocycles. The van der Waals surface area contributed by atoms with Crippen molar-refractivity contribution in [1.29, 1.82) is 0 Å². The molecule has 2 aliphatic rings. The first-order chi connectivity index (χ1) is 20.8. The molecule has 0 unspecified atom stereocenters. The van der Waals surface area contributed by atoms with Gasteiger partial charge in [0, 0.05) is 21.8 Å². The van der Waals surface area contributed by atoms with Crippen LogP contribution in [0.3, 0.4) is 0 Å². The molecule has 1 nitrogen and oxygen atoms in total. The second kappa shape index (κ2) is 8.45. The Morgan fingerprint density at radius 3 is 1.47 bits per heavy atom. The molecule has 43 heavy (non-hydrogen) atoms. The van der Waals surface area contributed by atoms with Crippen molar-refractivity contribution in [1.82, 2.24) is 4.98 Å². The molecule has 2 aliphatic heterocycles. The minimum absolute atomic E-state index is 0.169. The predicted molar refractivity (Wildman–Crippen MR) is 184 cm³/mol. The maximum absolute atomic E-state index is 5.17. The lowest BCUT2D eigenvalue weighted by atomic mass is 9.27. The van der Waals surface area contributed by atoms with Gasteiger partial charge in [0.15, 0.2) is 0 Å². The van der Waals surface area contributed by atoms with E-state index >= 15 is 0 Å². The average molecular weight is 550 g/mol. The summed E-state index contributed by atoms with van der Waals surface area (Å²) < 4.78 is 0. The van der Waals surface area contributed by atoms with Gasteiger partial charge in [-0.1, -0.05) is 141 Å². The quantitative estimate of drug-likeness (QED) is 0.189. The molecule has 204 valence electrons. The van der Waals surface area contributed by atoms with E-state index in [0.29, 0.717) is 0 Å². The number of aromatic nitrogens is 1. The molecule has 1 aromatic heterocycles. The SMILES string of the molecule is CC1(C)c2cc3ccccc3cc2B2c3cc4ccccc4cc3C(C)(C)c3cc(-c4ccc5ccccc5n4)cc1c32. The smallest absolute Gasteiger partial charge is 0.242 e. The number of rotatable bonds is 1. The Morgan fingerprint density at radius 1 is 0.465 bits per heavy atom. The summed E-state index contributed by atoms with van der Waals surface area (Å²) in [5.74, 6) is 0. The average Bonchev–Trinajstić information content (AvgIpc) is 3.03. The summed E-state index contributed by atoms with van der Waals surface area (Å²) >= 11 is 0. The van der Waals surface area contributed by atoms with Gasteiger partial charge in [-0.25, -0.2) is 4.98 Å². The lowest BCUT2D eigenvalue weighted by Gasteiger charge is -2.47. The van der Waals surface area contributed by atoms with Crippen LogP contribution in [0.5, 0.6) is 0 Å². The molecule has 0 atom stereocenters. The highest BCUT2D eigenvalue weighted by atomic mass is 14.7. The monoisotopic (exact) mass is 549 g/mol. The van der Waals surface area contributed by atoms with Gasteiger partial charge in [-0.05, 0) is 68.1 Å². The van der Waals surface area contributed by atoms with E-state index in [1.165, 1.54) is 71.1 Å². The summed E-state index contributed by atoms with van der Waals surface area (Å²) in [6.45, 7) is 9.88. The normalized spacial score (nSPS) is 15.8. The van der Waals surface area contributed by atoms with Crippen molar-refractivity contribution in [2.75, 3.05) is 0 Å². The Labute approximate surface area is 253 Å². The Kier molecular flexibility index (Phi) is 4.89. The molecule has 2 heteroatoms. The Morgan fingerprint density at radius 2 is 0.930 bits per heavy atom. The van der Waals surface area contributed by atoms with E-state index in [2.05, 4.69) is 149 Å². The summed E-state index contributed by atoms with van der Waals surface area (Å²) in [6, 6.07) is 45.3. The fourth-order valence-electron chi connectivity index (χ4n) is 8.22. The van der Waals surface area contributed by atoms with Gasteiger partial charge in [-0.15, -0.1) is 0 Å². The van der Waals surface area contributed by atoms with E-state index in [4.69, 9.17) is 4.98 Å². The fourth-order valence-corrected chi connectivity index (χ4v) is 8.22. The van der Waals surface area contributed by atoms with Crippen LogP contribution in [0.2, 0.25) is 0 Å². The zero-order valence-corrected chi connectivity index (χ0v) is 25.1. The first-order valence-corrected chi connectivity index (χ1v) is 15.4. The summed E-state index contributed by atoms with van der Waals surface area (Å²) in [5.41, 5.74) is 13.0. The lowest BCUT2D eigenvalue weighted by molar-refractivity contribution is 0.623. The van der Waals surface area contributed by atoms with Gasteiger partial charge in [0.25, 0.3) is 0 Å². The van der Waals surface area contributed by atoms with Crippen LogP contribution in [0.15, 0.2) is 121 Å². The van der Waals surface area contributed by atoms with Gasteiger partial charge < -0.3 is 0 Å². The van der Waals surface area contributed by atoms with Crippen LogP contribution in [-0.4, -0.2) is 11.7 Å². The second-order valence-corrected chi connectivity index (χ2v) is 13.6. The number of pyridine rings is 1. The molecule has 0 bridgehead atoms. The third-order valence-electron chi connectivity index (χ3n) is 10.5. The van der Waals surface area contributed by atoms with E-state index < -0.39 is 0 Å². The van der Waals surface area contributed by atoms with Crippen LogP contribution in [-0.2, 0) is 10.8 Å². The molecule has 0 saturated heterocycles. The van der Waals surface area contributed by atoms with E-state index in [1.807, 2.05) is 0 Å². The highest BCUT2D eigenvalue weighted by molar-refractivity contribution is 6.97. The number of benzene rings is 6. The van der Waals surface area contributed by atoms with Crippen LogP contribution in [0.1, 0.15) is 49.9 Å². The Bertz CT molecular complexity index is 2190. The summed E-state index contributed by atoms with van der Waals surface area (Å²) in [5, 5.41) is 6.41. The number of hydrogen-bond acceptors (Lipinski definition) is 1. The van der Waals surface area contributed by atoms with Crippen molar-refractivity contribution in [2.45, 2.75) is 38.5 Å². The van der Waals surface area contributed by atoms with Crippen LogP contribution in [0.4, 0.5) is 0 Å².